The largest absolute Gasteiger partial charge is 0.353 e. The molecule has 1 saturated heterocycles. The predicted molar refractivity (Wildman–Crippen MR) is 95.1 cm³/mol. The van der Waals surface area contributed by atoms with E-state index in [0.717, 1.165) is 0 Å². The minimum atomic E-state index is -0.252. The lowest BCUT2D eigenvalue weighted by Gasteiger charge is -2.34. The summed E-state index contributed by atoms with van der Waals surface area (Å²) >= 11 is 0. The highest BCUT2D eigenvalue weighted by atomic mass is 16.2. The molecule has 1 aromatic rings. The molecule has 0 saturated carbocycles. The van der Waals surface area contributed by atoms with Gasteiger partial charge in [-0.1, -0.05) is 18.2 Å². The summed E-state index contributed by atoms with van der Waals surface area (Å²) < 4.78 is 0. The fourth-order valence-corrected chi connectivity index (χ4v) is 2.69. The molecule has 0 bridgehead atoms. The van der Waals surface area contributed by atoms with Crippen molar-refractivity contribution in [2.24, 2.45) is 0 Å². The molecule has 0 aromatic heterocycles. The van der Waals surface area contributed by atoms with Gasteiger partial charge in [-0.3, -0.25) is 19.3 Å². The van der Waals surface area contributed by atoms with Crippen molar-refractivity contribution in [1.82, 2.24) is 20.4 Å². The lowest BCUT2D eigenvalue weighted by Crippen LogP contribution is -2.53. The van der Waals surface area contributed by atoms with E-state index in [4.69, 9.17) is 0 Å². The number of nitrogens with one attached hydrogen (secondary N) is 2. The molecule has 0 spiro atoms. The van der Waals surface area contributed by atoms with E-state index in [1.54, 1.807) is 29.2 Å². The van der Waals surface area contributed by atoms with Crippen LogP contribution in [0.4, 0.5) is 0 Å². The van der Waals surface area contributed by atoms with Crippen LogP contribution in [0.1, 0.15) is 24.2 Å². The van der Waals surface area contributed by atoms with E-state index in [2.05, 4.69) is 10.6 Å². The first-order valence-electron chi connectivity index (χ1n) is 8.58. The van der Waals surface area contributed by atoms with Gasteiger partial charge in [0.15, 0.2) is 0 Å². The van der Waals surface area contributed by atoms with E-state index in [0.29, 0.717) is 38.3 Å². The molecule has 1 fully saturated rings. The molecular weight excluding hydrogens is 320 g/mol. The fourth-order valence-electron chi connectivity index (χ4n) is 2.69. The van der Waals surface area contributed by atoms with Crippen LogP contribution in [-0.2, 0) is 9.59 Å². The molecule has 3 amide bonds. The molecule has 1 aromatic carbocycles. The summed E-state index contributed by atoms with van der Waals surface area (Å²) in [7, 11) is 0. The van der Waals surface area contributed by atoms with Crippen molar-refractivity contribution in [1.29, 1.82) is 0 Å². The van der Waals surface area contributed by atoms with Crippen LogP contribution in [0.5, 0.6) is 0 Å². The van der Waals surface area contributed by atoms with Gasteiger partial charge in [-0.25, -0.2) is 0 Å². The zero-order valence-corrected chi connectivity index (χ0v) is 14.8. The molecule has 7 nitrogen and oxygen atoms in total. The van der Waals surface area contributed by atoms with Crippen molar-refractivity contribution in [3.8, 4) is 0 Å². The Bertz CT molecular complexity index is 596. The molecule has 0 atom stereocenters. The van der Waals surface area contributed by atoms with Gasteiger partial charge >= 0.3 is 0 Å². The fraction of sp³-hybridized carbons (Fsp3) is 0.500. The average Bonchev–Trinajstić information content (AvgIpc) is 2.60. The predicted octanol–water partition coefficient (Wildman–Crippen LogP) is 0.0852. The van der Waals surface area contributed by atoms with Gasteiger partial charge in [0.2, 0.25) is 11.8 Å². The summed E-state index contributed by atoms with van der Waals surface area (Å²) in [6, 6.07) is 8.95. The highest BCUT2D eigenvalue weighted by molar-refractivity contribution is 5.96. The van der Waals surface area contributed by atoms with E-state index in [-0.39, 0.29) is 30.3 Å². The summed E-state index contributed by atoms with van der Waals surface area (Å²) in [6.45, 7) is 6.64. The minimum Gasteiger partial charge on any atom is -0.353 e. The number of benzene rings is 1. The summed E-state index contributed by atoms with van der Waals surface area (Å²) in [5.41, 5.74) is 0.538. The molecule has 0 radical (unpaired) electrons. The van der Waals surface area contributed by atoms with Crippen molar-refractivity contribution < 1.29 is 14.4 Å². The Morgan fingerprint density at radius 3 is 2.28 bits per heavy atom. The van der Waals surface area contributed by atoms with Crippen LogP contribution in [0.25, 0.3) is 0 Å². The number of amides is 3. The molecule has 1 aliphatic rings. The maximum Gasteiger partial charge on any atom is 0.251 e. The third-order valence-corrected chi connectivity index (χ3v) is 3.98. The molecule has 0 aliphatic carbocycles. The number of carbonyl (C=O) groups is 3. The molecule has 1 heterocycles. The lowest BCUT2D eigenvalue weighted by molar-refractivity contribution is -0.132. The van der Waals surface area contributed by atoms with Gasteiger partial charge in [0.1, 0.15) is 0 Å². The monoisotopic (exact) mass is 346 g/mol. The standard InChI is InChI=1S/C18H26N4O3/c1-14(2)20-16(23)13-21-8-10-22(11-9-21)17(24)12-19-18(25)15-6-4-3-5-7-15/h3-7,14H,8-13H2,1-2H3,(H,19,25)(H,20,23). The van der Waals surface area contributed by atoms with Crippen molar-refractivity contribution in [3.63, 3.8) is 0 Å². The first-order chi connectivity index (χ1) is 12.0. The number of piperazine rings is 1. The Morgan fingerprint density at radius 1 is 1.04 bits per heavy atom. The van der Waals surface area contributed by atoms with E-state index >= 15 is 0 Å². The van der Waals surface area contributed by atoms with Crippen molar-refractivity contribution in [2.45, 2.75) is 19.9 Å². The molecule has 7 heteroatoms. The van der Waals surface area contributed by atoms with E-state index in [1.165, 1.54) is 0 Å². The first-order valence-corrected chi connectivity index (χ1v) is 8.58. The summed E-state index contributed by atoms with van der Waals surface area (Å²) in [5.74, 6) is -0.349. The molecule has 25 heavy (non-hydrogen) atoms. The SMILES string of the molecule is CC(C)NC(=O)CN1CCN(C(=O)CNC(=O)c2ccccc2)CC1. The highest BCUT2D eigenvalue weighted by Crippen LogP contribution is 2.02. The second-order valence-corrected chi connectivity index (χ2v) is 6.43. The zero-order valence-electron chi connectivity index (χ0n) is 14.8. The van der Waals surface area contributed by atoms with Gasteiger partial charge in [0.05, 0.1) is 13.1 Å². The van der Waals surface area contributed by atoms with E-state index in [1.807, 2.05) is 24.8 Å². The summed E-state index contributed by atoms with van der Waals surface area (Å²) in [4.78, 5) is 39.7. The topological polar surface area (TPSA) is 81.8 Å². The molecule has 1 aliphatic heterocycles. The molecule has 136 valence electrons. The minimum absolute atomic E-state index is 0.00454. The van der Waals surface area contributed by atoms with Gasteiger partial charge in [-0.2, -0.15) is 0 Å². The Kier molecular flexibility index (Phi) is 6.94. The van der Waals surface area contributed by atoms with Crippen molar-refractivity contribution in [3.05, 3.63) is 35.9 Å². The van der Waals surface area contributed by atoms with Crippen molar-refractivity contribution in [2.75, 3.05) is 39.3 Å². The van der Waals surface area contributed by atoms with Crippen LogP contribution < -0.4 is 10.6 Å². The maximum absolute atomic E-state index is 12.2. The number of hydrogen-bond donors (Lipinski definition) is 2. The van der Waals surface area contributed by atoms with Crippen LogP contribution in [0.15, 0.2) is 30.3 Å². The van der Waals surface area contributed by atoms with Crippen LogP contribution in [-0.4, -0.2) is 72.8 Å². The number of hydrogen-bond acceptors (Lipinski definition) is 4. The lowest BCUT2D eigenvalue weighted by atomic mass is 10.2. The molecule has 2 rings (SSSR count). The summed E-state index contributed by atoms with van der Waals surface area (Å²) in [6.07, 6.45) is 0. The summed E-state index contributed by atoms with van der Waals surface area (Å²) in [5, 5.41) is 5.52. The van der Waals surface area contributed by atoms with Gasteiger partial charge in [0.25, 0.3) is 5.91 Å². The van der Waals surface area contributed by atoms with Crippen LogP contribution >= 0.6 is 0 Å². The van der Waals surface area contributed by atoms with Crippen LogP contribution in [0, 0.1) is 0 Å². The first kappa shape index (κ1) is 18.9. The van der Waals surface area contributed by atoms with Gasteiger partial charge in [0, 0.05) is 37.8 Å². The Morgan fingerprint density at radius 2 is 1.68 bits per heavy atom. The van der Waals surface area contributed by atoms with Gasteiger partial charge in [-0.15, -0.1) is 0 Å². The Balaban J connectivity index is 1.70. The average molecular weight is 346 g/mol. The van der Waals surface area contributed by atoms with Crippen LogP contribution in [0.3, 0.4) is 0 Å². The zero-order chi connectivity index (χ0) is 18.2. The normalized spacial score (nSPS) is 15.1. The van der Waals surface area contributed by atoms with Crippen LogP contribution in [0.2, 0.25) is 0 Å². The Hall–Kier alpha value is -2.41. The number of nitrogens with zero attached hydrogens (tertiary/aromatic N) is 2. The van der Waals surface area contributed by atoms with E-state index < -0.39 is 0 Å². The third kappa shape index (κ3) is 6.19. The second kappa shape index (κ2) is 9.17. The van der Waals surface area contributed by atoms with Gasteiger partial charge in [-0.05, 0) is 26.0 Å². The number of carbonyl (C=O) groups excluding carboxylic acids is 3. The highest BCUT2D eigenvalue weighted by Gasteiger charge is 2.22. The quantitative estimate of drug-likeness (QED) is 0.765. The van der Waals surface area contributed by atoms with E-state index in [9.17, 15) is 14.4 Å². The Labute approximate surface area is 148 Å². The molecule has 2 N–H and O–H groups in total. The van der Waals surface area contributed by atoms with Crippen molar-refractivity contribution >= 4 is 17.7 Å². The molecule has 0 unspecified atom stereocenters. The number of rotatable bonds is 6. The second-order valence-electron chi connectivity index (χ2n) is 6.43. The third-order valence-electron chi connectivity index (χ3n) is 3.98. The molecular formula is C18H26N4O3. The maximum atomic E-state index is 12.2. The smallest absolute Gasteiger partial charge is 0.251 e. The van der Waals surface area contributed by atoms with Gasteiger partial charge < -0.3 is 15.5 Å².